The van der Waals surface area contributed by atoms with Crippen LogP contribution in [0.1, 0.15) is 24.2 Å². The highest BCUT2D eigenvalue weighted by Gasteiger charge is 2.21. The molecule has 1 aliphatic rings. The second-order valence-electron chi connectivity index (χ2n) is 5.98. The van der Waals surface area contributed by atoms with Gasteiger partial charge in [0.25, 0.3) is 5.91 Å². The van der Waals surface area contributed by atoms with Crippen LogP contribution in [0, 0.1) is 6.92 Å². The average molecular weight is 339 g/mol. The third-order valence-corrected chi connectivity index (χ3v) is 4.00. The Balaban J connectivity index is 1.46. The number of carbonyl (C=O) groups is 2. The molecule has 1 N–H and O–H groups in total. The maximum absolute atomic E-state index is 11.9. The lowest BCUT2D eigenvalue weighted by molar-refractivity contribution is -0.123. The molecule has 1 aromatic heterocycles. The van der Waals surface area contributed by atoms with Gasteiger partial charge in [0, 0.05) is 24.3 Å². The Bertz CT molecular complexity index is 759. The Morgan fingerprint density at radius 1 is 1.24 bits per heavy atom. The van der Waals surface area contributed by atoms with Crippen molar-refractivity contribution in [1.82, 2.24) is 10.3 Å². The first-order chi connectivity index (χ1) is 12.1. The summed E-state index contributed by atoms with van der Waals surface area (Å²) in [5.74, 6) is 0.541. The van der Waals surface area contributed by atoms with E-state index >= 15 is 0 Å². The van der Waals surface area contributed by atoms with Crippen molar-refractivity contribution in [2.75, 3.05) is 18.1 Å². The van der Waals surface area contributed by atoms with E-state index in [9.17, 15) is 9.59 Å². The summed E-state index contributed by atoms with van der Waals surface area (Å²) in [7, 11) is 0. The molecule has 0 atom stereocenters. The Hall–Kier alpha value is -2.89. The number of hydrogen-bond acceptors (Lipinski definition) is 4. The van der Waals surface area contributed by atoms with Crippen molar-refractivity contribution in [3.05, 3.63) is 53.9 Å². The van der Waals surface area contributed by atoms with Crippen LogP contribution >= 0.6 is 0 Å². The Kier molecular flexibility index (Phi) is 5.28. The zero-order valence-corrected chi connectivity index (χ0v) is 14.2. The van der Waals surface area contributed by atoms with Crippen molar-refractivity contribution < 1.29 is 14.3 Å². The molecule has 2 amide bonds. The van der Waals surface area contributed by atoms with Crippen LogP contribution in [0.5, 0.6) is 5.75 Å². The van der Waals surface area contributed by atoms with Gasteiger partial charge in [-0.05, 0) is 49.7 Å². The number of carbonyl (C=O) groups excluding carboxylic acids is 2. The van der Waals surface area contributed by atoms with Crippen LogP contribution in [0.15, 0.2) is 42.5 Å². The summed E-state index contributed by atoms with van der Waals surface area (Å²) in [5.41, 5.74) is 2.59. The highest BCUT2D eigenvalue weighted by Crippen LogP contribution is 2.23. The van der Waals surface area contributed by atoms with Gasteiger partial charge >= 0.3 is 0 Å². The van der Waals surface area contributed by atoms with Gasteiger partial charge in [-0.15, -0.1) is 0 Å². The zero-order chi connectivity index (χ0) is 17.6. The summed E-state index contributed by atoms with van der Waals surface area (Å²) < 4.78 is 5.49. The van der Waals surface area contributed by atoms with Gasteiger partial charge in [-0.1, -0.05) is 6.07 Å². The molecule has 1 fully saturated rings. The first kappa shape index (κ1) is 17.0. The number of nitrogens with zero attached hydrogens (tertiary/aromatic N) is 2. The quantitative estimate of drug-likeness (QED) is 0.876. The average Bonchev–Trinajstić information content (AvgIpc) is 3.05. The number of anilines is 1. The lowest BCUT2D eigenvalue weighted by Crippen LogP contribution is -2.28. The SMILES string of the molecule is Cc1cccc(CNC(=O)COc2ccc(N3CCCC3=O)cc2)n1. The summed E-state index contributed by atoms with van der Waals surface area (Å²) in [4.78, 5) is 29.7. The molecule has 6 nitrogen and oxygen atoms in total. The van der Waals surface area contributed by atoms with Crippen molar-refractivity contribution in [3.63, 3.8) is 0 Å². The van der Waals surface area contributed by atoms with Gasteiger partial charge in [0.05, 0.1) is 12.2 Å². The van der Waals surface area contributed by atoms with Crippen molar-refractivity contribution in [3.8, 4) is 5.75 Å². The van der Waals surface area contributed by atoms with Crippen molar-refractivity contribution in [1.29, 1.82) is 0 Å². The zero-order valence-electron chi connectivity index (χ0n) is 14.2. The van der Waals surface area contributed by atoms with Crippen molar-refractivity contribution in [2.24, 2.45) is 0 Å². The normalized spacial score (nSPS) is 13.8. The molecule has 0 aliphatic carbocycles. The van der Waals surface area contributed by atoms with Crippen LogP contribution in [-0.2, 0) is 16.1 Å². The molecule has 0 spiro atoms. The van der Waals surface area contributed by atoms with E-state index < -0.39 is 0 Å². The maximum Gasteiger partial charge on any atom is 0.258 e. The van der Waals surface area contributed by atoms with Crippen LogP contribution in [-0.4, -0.2) is 29.9 Å². The lowest BCUT2D eigenvalue weighted by atomic mass is 10.3. The molecule has 0 bridgehead atoms. The summed E-state index contributed by atoms with van der Waals surface area (Å²) in [5, 5.41) is 2.78. The number of nitrogens with one attached hydrogen (secondary N) is 1. The molecular weight excluding hydrogens is 318 g/mol. The van der Waals surface area contributed by atoms with E-state index in [1.165, 1.54) is 0 Å². The fourth-order valence-electron chi connectivity index (χ4n) is 2.73. The molecule has 0 saturated carbocycles. The van der Waals surface area contributed by atoms with E-state index in [0.29, 0.717) is 18.7 Å². The van der Waals surface area contributed by atoms with Crippen LogP contribution in [0.25, 0.3) is 0 Å². The molecule has 2 heterocycles. The molecule has 0 radical (unpaired) electrons. The number of amides is 2. The molecular formula is C19H21N3O3. The molecule has 2 aromatic rings. The number of rotatable bonds is 6. The molecule has 130 valence electrons. The van der Waals surface area contributed by atoms with E-state index in [1.807, 2.05) is 37.3 Å². The fourth-order valence-corrected chi connectivity index (χ4v) is 2.73. The van der Waals surface area contributed by atoms with Crippen LogP contribution in [0.3, 0.4) is 0 Å². The van der Waals surface area contributed by atoms with E-state index in [0.717, 1.165) is 30.0 Å². The Labute approximate surface area is 146 Å². The van der Waals surface area contributed by atoms with Crippen molar-refractivity contribution >= 4 is 17.5 Å². The van der Waals surface area contributed by atoms with Crippen LogP contribution in [0.4, 0.5) is 5.69 Å². The number of aromatic nitrogens is 1. The second-order valence-corrected chi connectivity index (χ2v) is 5.98. The smallest absolute Gasteiger partial charge is 0.258 e. The summed E-state index contributed by atoms with van der Waals surface area (Å²) in [6.07, 6.45) is 1.50. The fraction of sp³-hybridized carbons (Fsp3) is 0.316. The Morgan fingerprint density at radius 2 is 2.04 bits per heavy atom. The molecule has 1 aromatic carbocycles. The number of hydrogen-bond donors (Lipinski definition) is 1. The van der Waals surface area contributed by atoms with E-state index in [-0.39, 0.29) is 18.4 Å². The predicted octanol–water partition coefficient (Wildman–Crippen LogP) is 2.21. The highest BCUT2D eigenvalue weighted by atomic mass is 16.5. The lowest BCUT2D eigenvalue weighted by Gasteiger charge is -2.16. The number of ether oxygens (including phenoxy) is 1. The molecule has 6 heteroatoms. The van der Waals surface area contributed by atoms with Crippen molar-refractivity contribution in [2.45, 2.75) is 26.3 Å². The highest BCUT2D eigenvalue weighted by molar-refractivity contribution is 5.95. The van der Waals surface area contributed by atoms with E-state index in [4.69, 9.17) is 4.74 Å². The van der Waals surface area contributed by atoms with Crippen LogP contribution < -0.4 is 15.0 Å². The summed E-state index contributed by atoms with van der Waals surface area (Å²) in [6.45, 7) is 2.98. The minimum atomic E-state index is -0.206. The van der Waals surface area contributed by atoms with Crippen LogP contribution in [0.2, 0.25) is 0 Å². The van der Waals surface area contributed by atoms with Gasteiger partial charge in [-0.25, -0.2) is 0 Å². The monoisotopic (exact) mass is 339 g/mol. The summed E-state index contributed by atoms with van der Waals surface area (Å²) >= 11 is 0. The van der Waals surface area contributed by atoms with Gasteiger partial charge in [0.2, 0.25) is 5.91 Å². The number of aryl methyl sites for hydroxylation is 1. The molecule has 1 saturated heterocycles. The second kappa shape index (κ2) is 7.79. The molecule has 1 aliphatic heterocycles. The predicted molar refractivity (Wildman–Crippen MR) is 94.3 cm³/mol. The van der Waals surface area contributed by atoms with Gasteiger partial charge in [0.15, 0.2) is 6.61 Å². The first-order valence-corrected chi connectivity index (χ1v) is 8.34. The number of pyridine rings is 1. The Morgan fingerprint density at radius 3 is 2.72 bits per heavy atom. The third-order valence-electron chi connectivity index (χ3n) is 4.00. The van der Waals surface area contributed by atoms with Gasteiger partial charge in [-0.2, -0.15) is 0 Å². The largest absolute Gasteiger partial charge is 0.484 e. The molecule has 25 heavy (non-hydrogen) atoms. The maximum atomic E-state index is 11.9. The number of benzene rings is 1. The summed E-state index contributed by atoms with van der Waals surface area (Å²) in [6, 6.07) is 12.9. The van der Waals surface area contributed by atoms with Gasteiger partial charge in [-0.3, -0.25) is 14.6 Å². The van der Waals surface area contributed by atoms with E-state index in [1.54, 1.807) is 17.0 Å². The minimum Gasteiger partial charge on any atom is -0.484 e. The molecule has 3 rings (SSSR count). The van der Waals surface area contributed by atoms with Gasteiger partial charge in [0.1, 0.15) is 5.75 Å². The van der Waals surface area contributed by atoms with E-state index in [2.05, 4.69) is 10.3 Å². The van der Waals surface area contributed by atoms with Gasteiger partial charge < -0.3 is 15.0 Å². The first-order valence-electron chi connectivity index (χ1n) is 8.34. The third kappa shape index (κ3) is 4.56. The molecule has 0 unspecified atom stereocenters. The minimum absolute atomic E-state index is 0.0617. The topological polar surface area (TPSA) is 71.5 Å². The standard InChI is InChI=1S/C19H21N3O3/c1-14-4-2-5-15(21-14)12-20-18(23)13-25-17-9-7-16(8-10-17)22-11-3-6-19(22)24/h2,4-5,7-10H,3,6,11-13H2,1H3,(H,20,23).